The first-order valence-electron chi connectivity index (χ1n) is 5.19. The zero-order valence-corrected chi connectivity index (χ0v) is 10.1. The normalized spacial score (nSPS) is 10.3. The third kappa shape index (κ3) is 8.91. The summed E-state index contributed by atoms with van der Waals surface area (Å²) in [4.78, 5) is 13.3. The fourth-order valence-corrected chi connectivity index (χ4v) is 1.04. The predicted octanol–water partition coefficient (Wildman–Crippen LogP) is 2.52. The molecule has 0 rings (SSSR count). The fourth-order valence-electron chi connectivity index (χ4n) is 1.04. The number of ether oxygens (including phenoxy) is 1. The first-order valence-corrected chi connectivity index (χ1v) is 5.19. The van der Waals surface area contributed by atoms with Crippen LogP contribution < -0.4 is 0 Å². The molecule has 16 heavy (non-hydrogen) atoms. The van der Waals surface area contributed by atoms with E-state index in [1.165, 1.54) is 11.1 Å². The highest BCUT2D eigenvalue weighted by Gasteiger charge is 2.00. The Labute approximate surface area is 96.2 Å². The average Bonchev–Trinajstić information content (AvgIpc) is 2.17. The zero-order chi connectivity index (χ0) is 12.4. The first-order chi connectivity index (χ1) is 7.56. The van der Waals surface area contributed by atoms with E-state index < -0.39 is 5.97 Å². The maximum Gasteiger partial charge on any atom is 0.413 e. The lowest BCUT2D eigenvalue weighted by atomic mass is 10.1. The molecule has 4 nitrogen and oxygen atoms in total. The average molecular weight is 222 g/mol. The fraction of sp³-hybridized carbons (Fsp3) is 0.500. The Morgan fingerprint density at radius 2 is 2.00 bits per heavy atom. The molecule has 0 saturated heterocycles. The number of allylic oxidation sites excluding steroid dienone is 3. The van der Waals surface area contributed by atoms with E-state index in [9.17, 15) is 4.79 Å². The van der Waals surface area contributed by atoms with E-state index in [1.807, 2.05) is 13.0 Å². The molecule has 0 amide bonds. The van der Waals surface area contributed by atoms with Crippen LogP contribution in [-0.4, -0.2) is 23.6 Å². The van der Waals surface area contributed by atoms with Crippen molar-refractivity contribution in [2.24, 2.45) is 0 Å². The topological polar surface area (TPSA) is 62.7 Å². The predicted molar refractivity (Wildman–Crippen MR) is 63.1 cm³/mol. The van der Waals surface area contributed by atoms with Crippen LogP contribution in [0.2, 0.25) is 0 Å². The van der Waals surface area contributed by atoms with Crippen LogP contribution in [0.15, 0.2) is 23.3 Å². The molecule has 0 aromatic heterocycles. The molecule has 0 spiro atoms. The van der Waals surface area contributed by atoms with E-state index in [-0.39, 0.29) is 6.61 Å². The maximum absolute atomic E-state index is 10.8. The van der Waals surface area contributed by atoms with Gasteiger partial charge < -0.3 is 10.3 Å². The molecule has 0 N–H and O–H groups in total. The SMILES string of the molecule is CC(C)=CCC/C(C)=C/COC(=O)C=[N+]=[N-]. The molecule has 0 aliphatic carbocycles. The van der Waals surface area contributed by atoms with E-state index in [1.54, 1.807) is 0 Å². The van der Waals surface area contributed by atoms with Gasteiger partial charge in [-0.1, -0.05) is 17.2 Å². The Balaban J connectivity index is 3.83. The standard InChI is InChI=1S/C12H18N2O2/c1-10(2)5-4-6-11(3)7-8-16-12(15)9-14-13/h5,7,9H,4,6,8H2,1-3H3/b11-7+. The van der Waals surface area contributed by atoms with Crippen molar-refractivity contribution in [3.8, 4) is 0 Å². The smallest absolute Gasteiger partial charge is 0.413 e. The van der Waals surface area contributed by atoms with Gasteiger partial charge in [-0.05, 0) is 39.7 Å². The molecule has 0 bridgehead atoms. The van der Waals surface area contributed by atoms with Gasteiger partial charge in [-0.25, -0.2) is 4.79 Å². The van der Waals surface area contributed by atoms with Crippen molar-refractivity contribution in [2.75, 3.05) is 6.61 Å². The molecule has 88 valence electrons. The summed E-state index contributed by atoms with van der Waals surface area (Å²) >= 11 is 0. The minimum absolute atomic E-state index is 0.214. The van der Waals surface area contributed by atoms with Crippen molar-refractivity contribution in [3.05, 3.63) is 28.8 Å². The third-order valence-corrected chi connectivity index (χ3v) is 1.91. The van der Waals surface area contributed by atoms with Crippen molar-refractivity contribution in [1.29, 1.82) is 0 Å². The summed E-state index contributed by atoms with van der Waals surface area (Å²) < 4.78 is 4.74. The van der Waals surface area contributed by atoms with Crippen LogP contribution in [-0.2, 0) is 9.53 Å². The first kappa shape index (κ1) is 14.3. The number of nitrogens with zero attached hydrogens (tertiary/aromatic N) is 2. The summed E-state index contributed by atoms with van der Waals surface area (Å²) in [5.41, 5.74) is 10.5. The van der Waals surface area contributed by atoms with Gasteiger partial charge in [0.2, 0.25) is 0 Å². The molecule has 0 radical (unpaired) electrons. The summed E-state index contributed by atoms with van der Waals surface area (Å²) in [6, 6.07) is 0. The Morgan fingerprint density at radius 3 is 2.56 bits per heavy atom. The second kappa shape index (κ2) is 8.62. The highest BCUT2D eigenvalue weighted by atomic mass is 16.5. The monoisotopic (exact) mass is 222 g/mol. The lowest BCUT2D eigenvalue weighted by molar-refractivity contribution is -0.137. The van der Waals surface area contributed by atoms with Crippen LogP contribution in [0.5, 0.6) is 0 Å². The quantitative estimate of drug-likeness (QED) is 0.228. The van der Waals surface area contributed by atoms with E-state index in [4.69, 9.17) is 10.3 Å². The van der Waals surface area contributed by atoms with Crippen molar-refractivity contribution >= 4 is 12.2 Å². The van der Waals surface area contributed by atoms with Crippen LogP contribution >= 0.6 is 0 Å². The number of esters is 1. The van der Waals surface area contributed by atoms with E-state index >= 15 is 0 Å². The lowest BCUT2D eigenvalue weighted by Gasteiger charge is -1.99. The highest BCUT2D eigenvalue weighted by molar-refractivity contribution is 6.20. The molecule has 4 heteroatoms. The van der Waals surface area contributed by atoms with Crippen molar-refractivity contribution in [3.63, 3.8) is 0 Å². The van der Waals surface area contributed by atoms with Crippen molar-refractivity contribution in [2.45, 2.75) is 33.6 Å². The molecule has 0 unspecified atom stereocenters. The van der Waals surface area contributed by atoms with Gasteiger partial charge in [0.05, 0.1) is 0 Å². The van der Waals surface area contributed by atoms with Gasteiger partial charge >= 0.3 is 12.2 Å². The summed E-state index contributed by atoms with van der Waals surface area (Å²) in [5, 5.41) is 0. The number of carbonyl (C=O) groups excluding carboxylic acids is 1. The second-order valence-corrected chi connectivity index (χ2v) is 3.75. The molecule has 0 saturated carbocycles. The number of carbonyl (C=O) groups is 1. The lowest BCUT2D eigenvalue weighted by Crippen LogP contribution is -2.06. The maximum atomic E-state index is 10.8. The Kier molecular flexibility index (Phi) is 7.72. The van der Waals surface area contributed by atoms with E-state index in [0.717, 1.165) is 19.1 Å². The third-order valence-electron chi connectivity index (χ3n) is 1.91. The van der Waals surface area contributed by atoms with Gasteiger partial charge in [-0.3, -0.25) is 0 Å². The molecule has 0 aromatic carbocycles. The Bertz CT molecular complexity index is 333. The summed E-state index contributed by atoms with van der Waals surface area (Å²) in [7, 11) is 0. The van der Waals surface area contributed by atoms with Crippen LogP contribution in [0, 0.1) is 0 Å². The van der Waals surface area contributed by atoms with Gasteiger partial charge in [0.25, 0.3) is 0 Å². The van der Waals surface area contributed by atoms with Gasteiger partial charge in [0, 0.05) is 0 Å². The number of hydrogen-bond donors (Lipinski definition) is 0. The minimum Gasteiger partial charge on any atom is -0.453 e. The molecule has 0 fully saturated rings. The molecule has 0 atom stereocenters. The van der Waals surface area contributed by atoms with Crippen LogP contribution in [0.25, 0.3) is 5.53 Å². The van der Waals surface area contributed by atoms with Crippen LogP contribution in [0.1, 0.15) is 33.6 Å². The molecule has 0 heterocycles. The Morgan fingerprint density at radius 1 is 1.31 bits per heavy atom. The molecule has 0 aliphatic rings. The molecule has 0 aromatic rings. The molecular weight excluding hydrogens is 204 g/mol. The van der Waals surface area contributed by atoms with E-state index in [0.29, 0.717) is 0 Å². The van der Waals surface area contributed by atoms with Crippen LogP contribution in [0.3, 0.4) is 0 Å². The minimum atomic E-state index is -0.643. The summed E-state index contributed by atoms with van der Waals surface area (Å²) in [6.45, 7) is 6.34. The van der Waals surface area contributed by atoms with Crippen LogP contribution in [0.4, 0.5) is 0 Å². The van der Waals surface area contributed by atoms with E-state index in [2.05, 4.69) is 24.7 Å². The molecular formula is C12H18N2O2. The molecule has 0 aliphatic heterocycles. The zero-order valence-electron chi connectivity index (χ0n) is 10.1. The van der Waals surface area contributed by atoms with Gasteiger partial charge in [0.1, 0.15) is 6.61 Å². The number of hydrogen-bond acceptors (Lipinski definition) is 2. The Hall–Kier alpha value is -1.67. The van der Waals surface area contributed by atoms with Gasteiger partial charge in [-0.15, -0.1) is 0 Å². The highest BCUT2D eigenvalue weighted by Crippen LogP contribution is 2.06. The van der Waals surface area contributed by atoms with Crippen molar-refractivity contribution < 1.29 is 14.3 Å². The van der Waals surface area contributed by atoms with Gasteiger partial charge in [0.15, 0.2) is 0 Å². The largest absolute Gasteiger partial charge is 0.453 e. The van der Waals surface area contributed by atoms with Crippen molar-refractivity contribution in [1.82, 2.24) is 0 Å². The number of rotatable bonds is 6. The summed E-state index contributed by atoms with van der Waals surface area (Å²) in [6.07, 6.45) is 6.70. The van der Waals surface area contributed by atoms with Gasteiger partial charge in [-0.2, -0.15) is 4.79 Å². The second-order valence-electron chi connectivity index (χ2n) is 3.75. The summed E-state index contributed by atoms with van der Waals surface area (Å²) in [5.74, 6) is -0.643.